The van der Waals surface area contributed by atoms with Crippen LogP contribution in [-0.4, -0.2) is 13.3 Å². The first-order valence-electron chi connectivity index (χ1n) is 8.14. The fourth-order valence-corrected chi connectivity index (χ4v) is 2.63. The summed E-state index contributed by atoms with van der Waals surface area (Å²) < 4.78 is 11.4. The Balaban J connectivity index is 1.77. The Morgan fingerprint density at radius 1 is 1.00 bits per heavy atom. The molecular weight excluding hydrogens is 348 g/mol. The predicted octanol–water partition coefficient (Wildman–Crippen LogP) is 5.37. The van der Waals surface area contributed by atoms with Gasteiger partial charge in [0.25, 0.3) is 0 Å². The van der Waals surface area contributed by atoms with E-state index >= 15 is 0 Å². The molecule has 0 aliphatic heterocycles. The molecule has 0 aromatic heterocycles. The normalized spacial score (nSPS) is 10.7. The lowest BCUT2D eigenvalue weighted by Crippen LogP contribution is -2.01. The Bertz CT molecular complexity index is 882. The first kappa shape index (κ1) is 17.8. The van der Waals surface area contributed by atoms with E-state index in [9.17, 15) is 0 Å². The van der Waals surface area contributed by atoms with E-state index in [2.05, 4.69) is 10.5 Å². The summed E-state index contributed by atoms with van der Waals surface area (Å²) in [4.78, 5) is 0. The summed E-state index contributed by atoms with van der Waals surface area (Å²) in [6, 6.07) is 23.0. The van der Waals surface area contributed by atoms with E-state index in [4.69, 9.17) is 21.1 Å². The zero-order valence-electron chi connectivity index (χ0n) is 14.4. The number of benzene rings is 3. The Morgan fingerprint density at radius 2 is 1.81 bits per heavy atom. The monoisotopic (exact) mass is 366 g/mol. The molecule has 0 atom stereocenters. The van der Waals surface area contributed by atoms with E-state index in [0.29, 0.717) is 23.1 Å². The van der Waals surface area contributed by atoms with Crippen molar-refractivity contribution in [2.75, 3.05) is 12.5 Å². The molecule has 0 heterocycles. The zero-order valence-corrected chi connectivity index (χ0v) is 15.1. The van der Waals surface area contributed by atoms with Gasteiger partial charge in [-0.1, -0.05) is 48.0 Å². The van der Waals surface area contributed by atoms with Gasteiger partial charge in [-0.05, 0) is 42.0 Å². The molecular formula is C21H19ClN2O2. The fraction of sp³-hybridized carbons (Fsp3) is 0.0952. The van der Waals surface area contributed by atoms with Crippen molar-refractivity contribution in [3.63, 3.8) is 0 Å². The Kier molecular flexibility index (Phi) is 6.12. The van der Waals surface area contributed by atoms with Gasteiger partial charge < -0.3 is 9.47 Å². The summed E-state index contributed by atoms with van der Waals surface area (Å²) in [5, 5.41) is 4.97. The van der Waals surface area contributed by atoms with Crippen LogP contribution in [0.25, 0.3) is 0 Å². The molecule has 0 radical (unpaired) electrons. The van der Waals surface area contributed by atoms with Gasteiger partial charge in [-0.2, -0.15) is 5.10 Å². The van der Waals surface area contributed by atoms with Gasteiger partial charge in [0.2, 0.25) is 0 Å². The minimum Gasteiger partial charge on any atom is -0.493 e. The van der Waals surface area contributed by atoms with E-state index in [-0.39, 0.29) is 0 Å². The van der Waals surface area contributed by atoms with Crippen molar-refractivity contribution < 1.29 is 9.47 Å². The molecule has 0 aliphatic rings. The number of halogens is 1. The third kappa shape index (κ3) is 4.77. The number of hydrazone groups is 1. The Hall–Kier alpha value is -2.98. The van der Waals surface area contributed by atoms with Crippen LogP contribution in [0.2, 0.25) is 5.02 Å². The molecule has 0 amide bonds. The van der Waals surface area contributed by atoms with Crippen molar-refractivity contribution in [1.82, 2.24) is 0 Å². The molecule has 3 aromatic carbocycles. The third-order valence-corrected chi connectivity index (χ3v) is 3.91. The molecule has 3 rings (SSSR count). The lowest BCUT2D eigenvalue weighted by Gasteiger charge is -2.13. The van der Waals surface area contributed by atoms with Crippen LogP contribution in [-0.2, 0) is 6.61 Å². The van der Waals surface area contributed by atoms with Gasteiger partial charge >= 0.3 is 0 Å². The van der Waals surface area contributed by atoms with Crippen LogP contribution in [0.5, 0.6) is 11.5 Å². The average Bonchev–Trinajstić information content (AvgIpc) is 2.67. The second kappa shape index (κ2) is 8.92. The topological polar surface area (TPSA) is 42.8 Å². The SMILES string of the molecule is COc1cccc(/C=N/Nc2ccccc2)c1OCc1cccc(Cl)c1. The number of nitrogens with zero attached hydrogens (tertiary/aromatic N) is 1. The molecule has 0 saturated carbocycles. The second-order valence-corrected chi connectivity index (χ2v) is 5.97. The largest absolute Gasteiger partial charge is 0.493 e. The van der Waals surface area contributed by atoms with Gasteiger partial charge in [-0.3, -0.25) is 5.43 Å². The first-order chi connectivity index (χ1) is 12.8. The third-order valence-electron chi connectivity index (χ3n) is 3.67. The van der Waals surface area contributed by atoms with E-state index in [1.54, 1.807) is 13.3 Å². The molecule has 1 N–H and O–H groups in total. The van der Waals surface area contributed by atoms with E-state index in [1.165, 1.54) is 0 Å². The summed E-state index contributed by atoms with van der Waals surface area (Å²) in [5.41, 5.74) is 5.70. The Labute approximate surface area is 158 Å². The van der Waals surface area contributed by atoms with Gasteiger partial charge in [0.1, 0.15) is 6.61 Å². The number of hydrogen-bond donors (Lipinski definition) is 1. The molecule has 0 unspecified atom stereocenters. The van der Waals surface area contributed by atoms with E-state index in [1.807, 2.05) is 72.8 Å². The summed E-state index contributed by atoms with van der Waals surface area (Å²) in [7, 11) is 1.62. The predicted molar refractivity (Wildman–Crippen MR) is 106 cm³/mol. The molecule has 5 heteroatoms. The lowest BCUT2D eigenvalue weighted by atomic mass is 10.2. The smallest absolute Gasteiger partial charge is 0.170 e. The highest BCUT2D eigenvalue weighted by Gasteiger charge is 2.10. The highest BCUT2D eigenvalue weighted by Crippen LogP contribution is 2.31. The van der Waals surface area contributed by atoms with Crippen LogP contribution in [0, 0.1) is 0 Å². The second-order valence-electron chi connectivity index (χ2n) is 5.53. The number of nitrogens with one attached hydrogen (secondary N) is 1. The summed E-state index contributed by atoms with van der Waals surface area (Å²) in [6.45, 7) is 0.383. The van der Waals surface area contributed by atoms with Crippen molar-refractivity contribution in [3.8, 4) is 11.5 Å². The van der Waals surface area contributed by atoms with Crippen LogP contribution < -0.4 is 14.9 Å². The lowest BCUT2D eigenvalue weighted by molar-refractivity contribution is 0.284. The molecule has 0 bridgehead atoms. The molecule has 0 spiro atoms. The van der Waals surface area contributed by atoms with Gasteiger partial charge in [0.15, 0.2) is 11.5 Å². The number of para-hydroxylation sites is 2. The van der Waals surface area contributed by atoms with Crippen molar-refractivity contribution in [1.29, 1.82) is 0 Å². The van der Waals surface area contributed by atoms with Crippen LogP contribution in [0.1, 0.15) is 11.1 Å². The Morgan fingerprint density at radius 3 is 2.58 bits per heavy atom. The molecule has 0 fully saturated rings. The standard InChI is InChI=1S/C21H19ClN2O2/c1-25-20-12-6-8-17(14-23-24-19-10-3-2-4-11-19)21(20)26-15-16-7-5-9-18(22)13-16/h2-14,24H,15H2,1H3/b23-14+. The van der Waals surface area contributed by atoms with Gasteiger partial charge in [0, 0.05) is 10.6 Å². The quantitative estimate of drug-likeness (QED) is 0.451. The molecule has 3 aromatic rings. The van der Waals surface area contributed by atoms with Crippen molar-refractivity contribution in [2.24, 2.45) is 5.10 Å². The molecule has 26 heavy (non-hydrogen) atoms. The fourth-order valence-electron chi connectivity index (χ4n) is 2.42. The van der Waals surface area contributed by atoms with Crippen molar-refractivity contribution in [3.05, 3.63) is 88.9 Å². The van der Waals surface area contributed by atoms with Gasteiger partial charge in [-0.15, -0.1) is 0 Å². The van der Waals surface area contributed by atoms with Crippen molar-refractivity contribution in [2.45, 2.75) is 6.61 Å². The minimum atomic E-state index is 0.383. The number of ether oxygens (including phenoxy) is 2. The highest BCUT2D eigenvalue weighted by molar-refractivity contribution is 6.30. The number of anilines is 1. The zero-order chi connectivity index (χ0) is 18.2. The summed E-state index contributed by atoms with van der Waals surface area (Å²) in [6.07, 6.45) is 1.71. The van der Waals surface area contributed by atoms with Crippen molar-refractivity contribution >= 4 is 23.5 Å². The average molecular weight is 367 g/mol. The van der Waals surface area contributed by atoms with Crippen LogP contribution in [0.15, 0.2) is 77.9 Å². The maximum atomic E-state index is 6.03. The maximum Gasteiger partial charge on any atom is 0.170 e. The van der Waals surface area contributed by atoms with E-state index < -0.39 is 0 Å². The van der Waals surface area contributed by atoms with Crippen LogP contribution >= 0.6 is 11.6 Å². The van der Waals surface area contributed by atoms with Gasteiger partial charge in [-0.25, -0.2) is 0 Å². The summed E-state index contributed by atoms with van der Waals surface area (Å²) >= 11 is 6.03. The van der Waals surface area contributed by atoms with Crippen LogP contribution in [0.3, 0.4) is 0 Å². The van der Waals surface area contributed by atoms with Crippen LogP contribution in [0.4, 0.5) is 5.69 Å². The number of hydrogen-bond acceptors (Lipinski definition) is 4. The molecule has 0 saturated heterocycles. The van der Waals surface area contributed by atoms with Gasteiger partial charge in [0.05, 0.1) is 19.0 Å². The first-order valence-corrected chi connectivity index (χ1v) is 8.52. The highest BCUT2D eigenvalue weighted by atomic mass is 35.5. The summed E-state index contributed by atoms with van der Waals surface area (Å²) in [5.74, 6) is 1.28. The minimum absolute atomic E-state index is 0.383. The molecule has 132 valence electrons. The number of methoxy groups -OCH3 is 1. The number of rotatable bonds is 7. The maximum absolute atomic E-state index is 6.03. The molecule has 4 nitrogen and oxygen atoms in total. The van der Waals surface area contributed by atoms with E-state index in [0.717, 1.165) is 16.8 Å². The molecule has 0 aliphatic carbocycles.